The van der Waals surface area contributed by atoms with E-state index in [1.165, 1.54) is 6.07 Å². The van der Waals surface area contributed by atoms with Gasteiger partial charge in [-0.05, 0) is 56.3 Å². The Hall–Kier alpha value is -1.11. The molecule has 1 aliphatic heterocycles. The van der Waals surface area contributed by atoms with Crippen LogP contribution >= 0.6 is 0 Å². The van der Waals surface area contributed by atoms with Crippen LogP contribution in [0.5, 0.6) is 0 Å². The number of methoxy groups -OCH3 is 1. The highest BCUT2D eigenvalue weighted by atomic mass is 19.4. The zero-order valence-electron chi connectivity index (χ0n) is 14.0. The lowest BCUT2D eigenvalue weighted by Gasteiger charge is -2.39. The van der Waals surface area contributed by atoms with E-state index in [4.69, 9.17) is 4.74 Å². The van der Waals surface area contributed by atoms with Crippen LogP contribution < -0.4 is 5.32 Å². The van der Waals surface area contributed by atoms with Crippen molar-refractivity contribution >= 4 is 0 Å². The maximum Gasteiger partial charge on any atom is 0.416 e. The van der Waals surface area contributed by atoms with E-state index < -0.39 is 17.3 Å². The summed E-state index contributed by atoms with van der Waals surface area (Å²) in [6, 6.07) is 5.15. The van der Waals surface area contributed by atoms with Crippen molar-refractivity contribution in [3.05, 3.63) is 35.4 Å². The van der Waals surface area contributed by atoms with E-state index in [2.05, 4.69) is 5.32 Å². The molecule has 3 nitrogen and oxygen atoms in total. The fraction of sp³-hybridized carbons (Fsp3) is 0.667. The minimum absolute atomic E-state index is 0.0859. The van der Waals surface area contributed by atoms with Gasteiger partial charge in [-0.1, -0.05) is 12.1 Å². The summed E-state index contributed by atoms with van der Waals surface area (Å²) in [6.45, 7) is 2.09. The zero-order chi connectivity index (χ0) is 17.6. The Morgan fingerprint density at radius 3 is 2.62 bits per heavy atom. The molecule has 1 aromatic rings. The largest absolute Gasteiger partial charge is 0.416 e. The van der Waals surface area contributed by atoms with Crippen molar-refractivity contribution in [2.45, 2.75) is 43.9 Å². The third kappa shape index (κ3) is 4.71. The Labute approximate surface area is 141 Å². The van der Waals surface area contributed by atoms with Crippen molar-refractivity contribution in [1.29, 1.82) is 0 Å². The molecule has 2 rings (SSSR count). The Bertz CT molecular complexity index is 515. The number of nitrogens with one attached hydrogen (secondary N) is 1. The molecule has 1 aromatic carbocycles. The number of aliphatic hydroxyl groups is 1. The summed E-state index contributed by atoms with van der Waals surface area (Å²) in [5.74, 6) is -0.0859. The lowest BCUT2D eigenvalue weighted by molar-refractivity contribution is -0.137. The highest BCUT2D eigenvalue weighted by Gasteiger charge is 2.40. The fourth-order valence-corrected chi connectivity index (χ4v) is 3.45. The number of unbranched alkanes of at least 4 members (excludes halogenated alkanes) is 1. The molecule has 1 unspecified atom stereocenters. The zero-order valence-corrected chi connectivity index (χ0v) is 14.0. The molecule has 1 saturated heterocycles. The molecule has 2 N–H and O–H groups in total. The van der Waals surface area contributed by atoms with Crippen molar-refractivity contribution < 1.29 is 23.0 Å². The van der Waals surface area contributed by atoms with E-state index in [0.29, 0.717) is 31.6 Å². The van der Waals surface area contributed by atoms with E-state index in [0.717, 1.165) is 37.9 Å². The van der Waals surface area contributed by atoms with Crippen LogP contribution in [0.2, 0.25) is 0 Å². The highest BCUT2D eigenvalue weighted by Crippen LogP contribution is 2.40. The number of rotatable bonds is 7. The number of hydrogen-bond acceptors (Lipinski definition) is 3. The summed E-state index contributed by atoms with van der Waals surface area (Å²) in [5.41, 5.74) is -1.59. The Balaban J connectivity index is 2.27. The minimum atomic E-state index is -4.40. The third-order valence-electron chi connectivity index (χ3n) is 4.82. The molecule has 136 valence electrons. The van der Waals surface area contributed by atoms with Gasteiger partial charge in [0.2, 0.25) is 0 Å². The van der Waals surface area contributed by atoms with Gasteiger partial charge in [-0.2, -0.15) is 13.2 Å². The van der Waals surface area contributed by atoms with Crippen molar-refractivity contribution in [2.75, 3.05) is 26.8 Å². The van der Waals surface area contributed by atoms with Crippen LogP contribution in [0.1, 0.15) is 43.2 Å². The van der Waals surface area contributed by atoms with E-state index in [9.17, 15) is 18.3 Å². The van der Waals surface area contributed by atoms with Crippen LogP contribution in [-0.2, 0) is 16.5 Å². The number of ether oxygens (including phenoxy) is 1. The molecule has 6 heteroatoms. The third-order valence-corrected chi connectivity index (χ3v) is 4.82. The normalized spacial score (nSPS) is 21.5. The molecular weight excluding hydrogens is 319 g/mol. The first kappa shape index (κ1) is 19.2. The van der Waals surface area contributed by atoms with E-state index in [1.54, 1.807) is 13.2 Å². The van der Waals surface area contributed by atoms with Gasteiger partial charge in [-0.25, -0.2) is 0 Å². The number of hydrogen-bond donors (Lipinski definition) is 2. The van der Waals surface area contributed by atoms with Gasteiger partial charge in [0.05, 0.1) is 11.2 Å². The molecule has 0 radical (unpaired) electrons. The van der Waals surface area contributed by atoms with Gasteiger partial charge in [0.1, 0.15) is 0 Å². The van der Waals surface area contributed by atoms with Crippen LogP contribution in [0.4, 0.5) is 13.2 Å². The Morgan fingerprint density at radius 2 is 2.00 bits per heavy atom. The van der Waals surface area contributed by atoms with Crippen LogP contribution in [0.3, 0.4) is 0 Å². The average molecular weight is 345 g/mol. The molecule has 0 aliphatic carbocycles. The Kier molecular flexibility index (Phi) is 6.66. The number of halogens is 3. The molecule has 1 heterocycles. The van der Waals surface area contributed by atoms with Crippen LogP contribution in [0.15, 0.2) is 24.3 Å². The SMILES string of the molecule is COCCCC[C@@](O)(c1cccc(C(F)(F)F)c1)C1CCCNC1. The predicted molar refractivity (Wildman–Crippen MR) is 86.7 cm³/mol. The molecule has 0 amide bonds. The predicted octanol–water partition coefficient (Wildman–Crippen LogP) is 3.71. The fourth-order valence-electron chi connectivity index (χ4n) is 3.45. The second-order valence-corrected chi connectivity index (χ2v) is 6.50. The van der Waals surface area contributed by atoms with Gasteiger partial charge in [0.15, 0.2) is 0 Å². The van der Waals surface area contributed by atoms with Crippen molar-refractivity contribution in [3.8, 4) is 0 Å². The van der Waals surface area contributed by atoms with Gasteiger partial charge in [0, 0.05) is 26.2 Å². The lowest BCUT2D eigenvalue weighted by Crippen LogP contribution is -2.44. The summed E-state index contributed by atoms with van der Waals surface area (Å²) < 4.78 is 44.1. The molecule has 0 aromatic heterocycles. The molecular formula is C18H26F3NO2. The van der Waals surface area contributed by atoms with Gasteiger partial charge < -0.3 is 15.2 Å². The maximum atomic E-state index is 13.0. The second-order valence-electron chi connectivity index (χ2n) is 6.50. The van der Waals surface area contributed by atoms with Crippen molar-refractivity contribution in [2.24, 2.45) is 5.92 Å². The highest BCUT2D eigenvalue weighted by molar-refractivity contribution is 5.31. The van der Waals surface area contributed by atoms with Gasteiger partial charge >= 0.3 is 6.18 Å². The number of benzene rings is 1. The second kappa shape index (κ2) is 8.32. The minimum Gasteiger partial charge on any atom is -0.385 e. The van der Waals surface area contributed by atoms with E-state index in [1.807, 2.05) is 0 Å². The van der Waals surface area contributed by atoms with Crippen molar-refractivity contribution in [1.82, 2.24) is 5.32 Å². The van der Waals surface area contributed by atoms with Gasteiger partial charge in [-0.3, -0.25) is 0 Å². The van der Waals surface area contributed by atoms with Gasteiger partial charge in [-0.15, -0.1) is 0 Å². The summed E-state index contributed by atoms with van der Waals surface area (Å²) >= 11 is 0. The molecule has 24 heavy (non-hydrogen) atoms. The van der Waals surface area contributed by atoms with Crippen LogP contribution in [0, 0.1) is 5.92 Å². The first-order valence-electron chi connectivity index (χ1n) is 8.47. The maximum absolute atomic E-state index is 13.0. The molecule has 0 bridgehead atoms. The average Bonchev–Trinajstić information content (AvgIpc) is 2.59. The Morgan fingerprint density at radius 1 is 1.25 bits per heavy atom. The van der Waals surface area contributed by atoms with E-state index in [-0.39, 0.29) is 5.92 Å². The molecule has 0 spiro atoms. The lowest BCUT2D eigenvalue weighted by atomic mass is 9.74. The molecule has 2 atom stereocenters. The monoisotopic (exact) mass is 345 g/mol. The summed E-state index contributed by atoms with van der Waals surface area (Å²) in [7, 11) is 1.62. The van der Waals surface area contributed by atoms with Crippen LogP contribution in [0.25, 0.3) is 0 Å². The smallest absolute Gasteiger partial charge is 0.385 e. The molecule has 0 saturated carbocycles. The molecule has 1 fully saturated rings. The first-order chi connectivity index (χ1) is 11.4. The number of piperidine rings is 1. The van der Waals surface area contributed by atoms with E-state index >= 15 is 0 Å². The van der Waals surface area contributed by atoms with Crippen molar-refractivity contribution in [3.63, 3.8) is 0 Å². The van der Waals surface area contributed by atoms with Gasteiger partial charge in [0.25, 0.3) is 0 Å². The number of alkyl halides is 3. The summed E-state index contributed by atoms with van der Waals surface area (Å²) in [5, 5.41) is 14.6. The summed E-state index contributed by atoms with van der Waals surface area (Å²) in [4.78, 5) is 0. The summed E-state index contributed by atoms with van der Waals surface area (Å²) in [6.07, 6.45) is -0.759. The first-order valence-corrected chi connectivity index (χ1v) is 8.47. The standard InChI is InChI=1S/C18H26F3NO2/c1-24-11-3-2-9-17(23,16-8-5-10-22-13-16)14-6-4-7-15(12-14)18(19,20)21/h4,6-7,12,16,22-23H,2-3,5,8-11,13H2,1H3/t16?,17-/m1/s1. The molecule has 1 aliphatic rings. The topological polar surface area (TPSA) is 41.5 Å². The quantitative estimate of drug-likeness (QED) is 0.740. The van der Waals surface area contributed by atoms with Crippen LogP contribution in [-0.4, -0.2) is 31.9 Å².